The number of nitrogens with zero attached hydrogens (tertiary/aromatic N) is 1. The Labute approximate surface area is 119 Å². The van der Waals surface area contributed by atoms with Gasteiger partial charge in [-0.25, -0.2) is 8.78 Å². The number of carboxylic acids is 1. The SMILES string of the molecule is CCCC(CNc1ccc([N+](=O)[O-])cc1C(F)F)C(=O)O. The molecule has 116 valence electrons. The number of non-ortho nitro benzene ring substituents is 1. The van der Waals surface area contributed by atoms with E-state index in [0.717, 1.165) is 12.1 Å². The number of nitro groups is 1. The van der Waals surface area contributed by atoms with E-state index in [2.05, 4.69) is 5.32 Å². The summed E-state index contributed by atoms with van der Waals surface area (Å²) in [6.07, 6.45) is -1.82. The third-order valence-corrected chi connectivity index (χ3v) is 3.01. The fourth-order valence-corrected chi connectivity index (χ4v) is 1.90. The lowest BCUT2D eigenvalue weighted by Gasteiger charge is -2.15. The molecule has 8 heteroatoms. The maximum Gasteiger partial charge on any atom is 0.308 e. The number of anilines is 1. The number of nitro benzene ring substituents is 1. The van der Waals surface area contributed by atoms with Gasteiger partial charge in [0.25, 0.3) is 12.1 Å². The van der Waals surface area contributed by atoms with Crippen LogP contribution in [0, 0.1) is 16.0 Å². The smallest absolute Gasteiger partial charge is 0.308 e. The van der Waals surface area contributed by atoms with Crippen LogP contribution >= 0.6 is 0 Å². The van der Waals surface area contributed by atoms with Crippen molar-refractivity contribution in [1.29, 1.82) is 0 Å². The molecule has 1 aromatic carbocycles. The standard InChI is InChI=1S/C13H16F2N2O4/c1-2-3-8(13(18)19)7-16-11-5-4-9(17(20)21)6-10(11)12(14)15/h4-6,8,12,16H,2-3,7H2,1H3,(H,18,19). The molecule has 0 spiro atoms. The van der Waals surface area contributed by atoms with Crippen molar-refractivity contribution in [1.82, 2.24) is 0 Å². The van der Waals surface area contributed by atoms with Crippen LogP contribution in [0.4, 0.5) is 20.2 Å². The van der Waals surface area contributed by atoms with Gasteiger partial charge >= 0.3 is 5.97 Å². The molecule has 2 N–H and O–H groups in total. The summed E-state index contributed by atoms with van der Waals surface area (Å²) in [6, 6.07) is 3.07. The summed E-state index contributed by atoms with van der Waals surface area (Å²) >= 11 is 0. The lowest BCUT2D eigenvalue weighted by atomic mass is 10.0. The van der Waals surface area contributed by atoms with Gasteiger partial charge in [-0.3, -0.25) is 14.9 Å². The van der Waals surface area contributed by atoms with Gasteiger partial charge in [-0.2, -0.15) is 0 Å². The van der Waals surface area contributed by atoms with Crippen molar-refractivity contribution in [2.45, 2.75) is 26.2 Å². The van der Waals surface area contributed by atoms with E-state index in [0.29, 0.717) is 12.8 Å². The number of nitrogens with one attached hydrogen (secondary N) is 1. The second kappa shape index (κ2) is 7.51. The van der Waals surface area contributed by atoms with Crippen LogP contribution in [-0.4, -0.2) is 22.5 Å². The Kier molecular flexibility index (Phi) is 6.01. The van der Waals surface area contributed by atoms with Crippen molar-refractivity contribution in [2.75, 3.05) is 11.9 Å². The molecule has 1 unspecified atom stereocenters. The minimum absolute atomic E-state index is 0.0120. The Morgan fingerprint density at radius 1 is 1.48 bits per heavy atom. The molecule has 6 nitrogen and oxygen atoms in total. The summed E-state index contributed by atoms with van der Waals surface area (Å²) < 4.78 is 25.8. The maximum atomic E-state index is 12.9. The molecule has 0 saturated carbocycles. The summed E-state index contributed by atoms with van der Waals surface area (Å²) in [4.78, 5) is 20.8. The molecule has 0 aromatic heterocycles. The number of rotatable bonds is 8. The molecule has 0 aliphatic heterocycles. The first-order valence-corrected chi connectivity index (χ1v) is 6.40. The van der Waals surface area contributed by atoms with Crippen molar-refractivity contribution in [3.8, 4) is 0 Å². The summed E-state index contributed by atoms with van der Waals surface area (Å²) in [6.45, 7) is 1.81. The molecule has 0 aliphatic rings. The van der Waals surface area contributed by atoms with Gasteiger partial charge in [-0.05, 0) is 12.5 Å². The summed E-state index contributed by atoms with van der Waals surface area (Å²) in [5, 5.41) is 22.2. The average Bonchev–Trinajstić information content (AvgIpc) is 2.42. The number of halogens is 2. The predicted molar refractivity (Wildman–Crippen MR) is 72.6 cm³/mol. The van der Waals surface area contributed by atoms with Gasteiger partial charge in [0.15, 0.2) is 0 Å². The molecule has 1 aromatic rings. The van der Waals surface area contributed by atoms with Gasteiger partial charge in [0.1, 0.15) is 0 Å². The van der Waals surface area contributed by atoms with Crippen molar-refractivity contribution < 1.29 is 23.6 Å². The highest BCUT2D eigenvalue weighted by Gasteiger charge is 2.20. The van der Waals surface area contributed by atoms with Gasteiger partial charge in [-0.1, -0.05) is 13.3 Å². The molecule has 21 heavy (non-hydrogen) atoms. The zero-order valence-electron chi connectivity index (χ0n) is 11.4. The minimum Gasteiger partial charge on any atom is -0.481 e. The number of hydrogen-bond acceptors (Lipinski definition) is 4. The Bertz CT molecular complexity index is 523. The van der Waals surface area contributed by atoms with Crippen LogP contribution < -0.4 is 5.32 Å². The summed E-state index contributed by atoms with van der Waals surface area (Å²) in [5.74, 6) is -1.71. The number of aliphatic carboxylic acids is 1. The monoisotopic (exact) mass is 302 g/mol. The van der Waals surface area contributed by atoms with Crippen LogP contribution in [0.25, 0.3) is 0 Å². The second-order valence-electron chi connectivity index (χ2n) is 4.53. The van der Waals surface area contributed by atoms with Crippen LogP contribution in [0.3, 0.4) is 0 Å². The summed E-state index contributed by atoms with van der Waals surface area (Å²) in [7, 11) is 0. The van der Waals surface area contributed by atoms with Gasteiger partial charge < -0.3 is 10.4 Å². The Balaban J connectivity index is 2.92. The van der Waals surface area contributed by atoms with Gasteiger partial charge in [0.2, 0.25) is 0 Å². The van der Waals surface area contributed by atoms with E-state index in [1.807, 2.05) is 6.92 Å². The van der Waals surface area contributed by atoms with Crippen LogP contribution in [0.1, 0.15) is 31.8 Å². The minimum atomic E-state index is -2.89. The lowest BCUT2D eigenvalue weighted by molar-refractivity contribution is -0.385. The second-order valence-corrected chi connectivity index (χ2v) is 4.53. The van der Waals surface area contributed by atoms with Crippen molar-refractivity contribution >= 4 is 17.3 Å². The Morgan fingerprint density at radius 3 is 2.62 bits per heavy atom. The molecule has 0 fully saturated rings. The normalized spacial score (nSPS) is 12.2. The zero-order valence-corrected chi connectivity index (χ0v) is 11.4. The third-order valence-electron chi connectivity index (χ3n) is 3.01. The molecule has 1 rings (SSSR count). The maximum absolute atomic E-state index is 12.9. The molecule has 0 amide bonds. The van der Waals surface area contributed by atoms with Crippen LogP contribution in [0.5, 0.6) is 0 Å². The fraction of sp³-hybridized carbons (Fsp3) is 0.462. The highest BCUT2D eigenvalue weighted by Crippen LogP contribution is 2.30. The molecule has 1 atom stereocenters. The summed E-state index contributed by atoms with van der Waals surface area (Å²) in [5.41, 5.74) is -0.929. The number of carboxylic acid groups (broad SMARTS) is 1. The Morgan fingerprint density at radius 2 is 2.14 bits per heavy atom. The topological polar surface area (TPSA) is 92.5 Å². The molecule has 0 heterocycles. The van der Waals surface area contributed by atoms with Crippen molar-refractivity contribution in [3.63, 3.8) is 0 Å². The van der Waals surface area contributed by atoms with Crippen molar-refractivity contribution in [2.24, 2.45) is 5.92 Å². The molecule has 0 bridgehead atoms. The average molecular weight is 302 g/mol. The third kappa shape index (κ3) is 4.66. The van der Waals surface area contributed by atoms with E-state index in [-0.39, 0.29) is 12.2 Å². The number of alkyl halides is 2. The largest absolute Gasteiger partial charge is 0.481 e. The van der Waals surface area contributed by atoms with E-state index < -0.39 is 34.5 Å². The predicted octanol–water partition coefficient (Wildman–Crippen LogP) is 3.45. The highest BCUT2D eigenvalue weighted by molar-refractivity contribution is 5.71. The first kappa shape index (κ1) is 16.8. The lowest BCUT2D eigenvalue weighted by Crippen LogP contribution is -2.23. The fourth-order valence-electron chi connectivity index (χ4n) is 1.90. The van der Waals surface area contributed by atoms with Gasteiger partial charge in [0.05, 0.1) is 10.8 Å². The Hall–Kier alpha value is -2.25. The van der Waals surface area contributed by atoms with Crippen LogP contribution in [0.2, 0.25) is 0 Å². The van der Waals surface area contributed by atoms with E-state index in [1.54, 1.807) is 0 Å². The van der Waals surface area contributed by atoms with E-state index in [1.165, 1.54) is 6.07 Å². The quantitative estimate of drug-likeness (QED) is 0.567. The number of hydrogen-bond donors (Lipinski definition) is 2. The number of benzene rings is 1. The first-order valence-electron chi connectivity index (χ1n) is 6.40. The van der Waals surface area contributed by atoms with Gasteiger partial charge in [-0.15, -0.1) is 0 Å². The van der Waals surface area contributed by atoms with Gasteiger partial charge in [0, 0.05) is 29.9 Å². The van der Waals surface area contributed by atoms with E-state index in [4.69, 9.17) is 5.11 Å². The van der Waals surface area contributed by atoms with Crippen molar-refractivity contribution in [3.05, 3.63) is 33.9 Å². The van der Waals surface area contributed by atoms with E-state index >= 15 is 0 Å². The molecular weight excluding hydrogens is 286 g/mol. The first-order chi connectivity index (χ1) is 9.86. The molecule has 0 aliphatic carbocycles. The van der Waals surface area contributed by atoms with Crippen LogP contribution in [-0.2, 0) is 4.79 Å². The molecule has 0 saturated heterocycles. The van der Waals surface area contributed by atoms with Crippen LogP contribution in [0.15, 0.2) is 18.2 Å². The molecular formula is C13H16F2N2O4. The zero-order chi connectivity index (χ0) is 16.0. The number of carbonyl (C=O) groups is 1. The molecule has 0 radical (unpaired) electrons. The van der Waals surface area contributed by atoms with E-state index in [9.17, 15) is 23.7 Å². The highest BCUT2D eigenvalue weighted by atomic mass is 19.3.